The van der Waals surface area contributed by atoms with E-state index in [0.717, 1.165) is 51.6 Å². The molecule has 2 saturated carbocycles. The molecule has 0 radical (unpaired) electrons. The van der Waals surface area contributed by atoms with Crippen LogP contribution in [0.15, 0.2) is 59.2 Å². The normalized spacial score (nSPS) is 38.1. The third-order valence-electron chi connectivity index (χ3n) is 10.0. The Hall–Kier alpha value is -1.78. The van der Waals surface area contributed by atoms with Gasteiger partial charge in [0.05, 0.1) is 17.5 Å². The largest absolute Gasteiger partial charge is 0.370 e. The highest BCUT2D eigenvalue weighted by Gasteiger charge is 2.65. The molecule has 186 valence electrons. The number of fused-ring (bicyclic) bond motifs is 5. The maximum Gasteiger partial charge on any atom is 0.358 e. The van der Waals surface area contributed by atoms with E-state index in [9.17, 15) is 14.3 Å². The SMILES string of the molecule is C=C1CCOC12CC[C@H]1[C@@H]3CCC4=CC(=O)CCC4=C3[C@@H](c3ccc(P(=O)(O)OC)cc3)C[C@@]12C. The van der Waals surface area contributed by atoms with E-state index in [2.05, 4.69) is 13.5 Å². The zero-order valence-electron chi connectivity index (χ0n) is 20.7. The Morgan fingerprint density at radius 2 is 1.91 bits per heavy atom. The van der Waals surface area contributed by atoms with Crippen molar-refractivity contribution in [1.29, 1.82) is 0 Å². The Balaban J connectivity index is 1.50. The van der Waals surface area contributed by atoms with Crippen LogP contribution in [0, 0.1) is 17.3 Å². The van der Waals surface area contributed by atoms with Gasteiger partial charge < -0.3 is 14.2 Å². The number of allylic oxidation sites excluding steroid dienone is 4. The summed E-state index contributed by atoms with van der Waals surface area (Å²) in [6.07, 6.45) is 9.48. The number of hydrogen-bond acceptors (Lipinski definition) is 4. The van der Waals surface area contributed by atoms with Crippen molar-refractivity contribution < 1.29 is 23.5 Å². The van der Waals surface area contributed by atoms with Crippen LogP contribution < -0.4 is 5.30 Å². The van der Waals surface area contributed by atoms with Gasteiger partial charge in [0.25, 0.3) is 0 Å². The second-order valence-corrected chi connectivity index (χ2v) is 13.3. The van der Waals surface area contributed by atoms with Crippen molar-refractivity contribution in [2.45, 2.75) is 69.8 Å². The molecule has 0 aromatic heterocycles. The molecule has 6 atom stereocenters. The lowest BCUT2D eigenvalue weighted by molar-refractivity contribution is -0.114. The highest BCUT2D eigenvalue weighted by molar-refractivity contribution is 7.61. The lowest BCUT2D eigenvalue weighted by Gasteiger charge is -2.55. The van der Waals surface area contributed by atoms with Crippen LogP contribution in [0.4, 0.5) is 0 Å². The molecule has 1 saturated heterocycles. The fraction of sp³-hybridized carbons (Fsp3) is 0.552. The van der Waals surface area contributed by atoms with Crippen LogP contribution in [0.3, 0.4) is 0 Å². The van der Waals surface area contributed by atoms with E-state index in [-0.39, 0.29) is 22.7 Å². The molecule has 2 unspecified atom stereocenters. The second-order valence-electron chi connectivity index (χ2n) is 11.4. The lowest BCUT2D eigenvalue weighted by Crippen LogP contribution is -2.52. The van der Waals surface area contributed by atoms with Crippen molar-refractivity contribution in [3.63, 3.8) is 0 Å². The molecular formula is C29H35O5P. The zero-order chi connectivity index (χ0) is 24.6. The molecule has 5 aliphatic rings. The van der Waals surface area contributed by atoms with Gasteiger partial charge in [0.1, 0.15) is 0 Å². The van der Waals surface area contributed by atoms with Crippen molar-refractivity contribution in [3.8, 4) is 0 Å². The minimum Gasteiger partial charge on any atom is -0.370 e. The average molecular weight is 495 g/mol. The molecule has 6 heteroatoms. The fourth-order valence-corrected chi connectivity index (χ4v) is 9.15. The summed E-state index contributed by atoms with van der Waals surface area (Å²) in [4.78, 5) is 22.4. The Morgan fingerprint density at radius 3 is 2.60 bits per heavy atom. The number of carbonyl (C=O) groups is 1. The highest BCUT2D eigenvalue weighted by Crippen LogP contribution is 2.70. The molecule has 1 heterocycles. The first-order valence-corrected chi connectivity index (χ1v) is 14.6. The standard InChI is InChI=1S/C29H35O5P/c1-18-13-15-34-29(18)14-12-26-24-10-6-20-16-21(30)7-11-23(20)27(24)25(17-28(26,29)2)19-4-8-22(9-5-19)35(31,32)33-3/h4-5,8-9,16,24-26H,1,6-7,10-15,17H2,2-3H3,(H,31,32)/t24-,25+,26-,28-,29?/m0/s1. The molecule has 1 aliphatic heterocycles. The number of ketones is 1. The van der Waals surface area contributed by atoms with Crippen molar-refractivity contribution in [1.82, 2.24) is 0 Å². The Labute approximate surface area is 207 Å². The van der Waals surface area contributed by atoms with Gasteiger partial charge in [0, 0.05) is 24.9 Å². The van der Waals surface area contributed by atoms with Crippen LogP contribution in [-0.4, -0.2) is 30.0 Å². The highest BCUT2D eigenvalue weighted by atomic mass is 31.2. The van der Waals surface area contributed by atoms with Gasteiger partial charge in [0.2, 0.25) is 0 Å². The van der Waals surface area contributed by atoms with Gasteiger partial charge in [-0.3, -0.25) is 9.36 Å². The quantitative estimate of drug-likeness (QED) is 0.427. The van der Waals surface area contributed by atoms with Crippen molar-refractivity contribution in [2.24, 2.45) is 17.3 Å². The van der Waals surface area contributed by atoms with Gasteiger partial charge in [0.15, 0.2) is 5.78 Å². The lowest BCUT2D eigenvalue weighted by atomic mass is 9.50. The molecule has 1 N–H and O–H groups in total. The smallest absolute Gasteiger partial charge is 0.358 e. The zero-order valence-corrected chi connectivity index (χ0v) is 21.6. The van der Waals surface area contributed by atoms with Crippen molar-refractivity contribution in [2.75, 3.05) is 13.7 Å². The Kier molecular flexibility index (Phi) is 5.47. The van der Waals surface area contributed by atoms with Gasteiger partial charge in [-0.2, -0.15) is 0 Å². The number of carbonyl (C=O) groups excluding carboxylic acids is 1. The first kappa shape index (κ1) is 23.6. The average Bonchev–Trinajstić information content (AvgIpc) is 3.38. The minimum absolute atomic E-state index is 0.0108. The van der Waals surface area contributed by atoms with E-state index in [4.69, 9.17) is 9.26 Å². The van der Waals surface area contributed by atoms with Crippen molar-refractivity contribution in [3.05, 3.63) is 64.8 Å². The fourth-order valence-electron chi connectivity index (χ4n) is 8.42. The van der Waals surface area contributed by atoms with Crippen LogP contribution in [0.1, 0.15) is 69.8 Å². The monoisotopic (exact) mass is 494 g/mol. The van der Waals surface area contributed by atoms with E-state index in [1.165, 1.54) is 35.0 Å². The number of rotatable bonds is 3. The van der Waals surface area contributed by atoms with Gasteiger partial charge in [-0.25, -0.2) is 0 Å². The third-order valence-corrected chi connectivity index (χ3v) is 11.5. The van der Waals surface area contributed by atoms with E-state index in [1.54, 1.807) is 12.1 Å². The molecular weight excluding hydrogens is 459 g/mol. The molecule has 4 aliphatic carbocycles. The topological polar surface area (TPSA) is 72.8 Å². The van der Waals surface area contributed by atoms with Crippen LogP contribution >= 0.6 is 7.60 Å². The molecule has 1 aromatic rings. The maximum atomic E-state index is 12.4. The van der Waals surface area contributed by atoms with Crippen LogP contribution in [-0.2, 0) is 18.6 Å². The summed E-state index contributed by atoms with van der Waals surface area (Å²) in [5.74, 6) is 1.45. The van der Waals surface area contributed by atoms with Gasteiger partial charge >= 0.3 is 7.60 Å². The van der Waals surface area contributed by atoms with Gasteiger partial charge in [-0.1, -0.05) is 31.2 Å². The Morgan fingerprint density at radius 1 is 1.14 bits per heavy atom. The summed E-state index contributed by atoms with van der Waals surface area (Å²) in [5.41, 5.74) is 6.34. The molecule has 35 heavy (non-hydrogen) atoms. The minimum atomic E-state index is -3.80. The number of benzene rings is 1. The summed E-state index contributed by atoms with van der Waals surface area (Å²) in [5, 5.41) is 0.315. The molecule has 5 nitrogen and oxygen atoms in total. The van der Waals surface area contributed by atoms with E-state index in [0.29, 0.717) is 23.6 Å². The number of ether oxygens (including phenoxy) is 1. The summed E-state index contributed by atoms with van der Waals surface area (Å²) >= 11 is 0. The second kappa shape index (κ2) is 8.11. The van der Waals surface area contributed by atoms with E-state index < -0.39 is 7.60 Å². The van der Waals surface area contributed by atoms with Crippen LogP contribution in [0.25, 0.3) is 0 Å². The summed E-state index contributed by atoms with van der Waals surface area (Å²) < 4.78 is 23.8. The Bertz CT molecular complexity index is 1210. The first-order valence-electron chi connectivity index (χ1n) is 13.0. The van der Waals surface area contributed by atoms with E-state index >= 15 is 0 Å². The van der Waals surface area contributed by atoms with Crippen LogP contribution in [0.2, 0.25) is 0 Å². The third kappa shape index (κ3) is 3.31. The molecule has 0 amide bonds. The van der Waals surface area contributed by atoms with Gasteiger partial charge in [-0.15, -0.1) is 0 Å². The molecule has 1 aromatic carbocycles. The summed E-state index contributed by atoms with van der Waals surface area (Å²) in [6.45, 7) is 7.69. The number of hydrogen-bond donors (Lipinski definition) is 1. The van der Waals surface area contributed by atoms with E-state index in [1.807, 2.05) is 18.2 Å². The predicted molar refractivity (Wildman–Crippen MR) is 136 cm³/mol. The van der Waals surface area contributed by atoms with Crippen LogP contribution in [0.5, 0.6) is 0 Å². The summed E-state index contributed by atoms with van der Waals surface area (Å²) in [6, 6.07) is 7.50. The molecule has 1 spiro atoms. The molecule has 3 fully saturated rings. The maximum absolute atomic E-state index is 12.4. The molecule has 6 rings (SSSR count). The van der Waals surface area contributed by atoms with Crippen molar-refractivity contribution >= 4 is 18.7 Å². The predicted octanol–water partition coefficient (Wildman–Crippen LogP) is 5.76. The molecule has 0 bridgehead atoms. The van der Waals surface area contributed by atoms with Gasteiger partial charge in [-0.05, 0) is 97.3 Å². The summed E-state index contributed by atoms with van der Waals surface area (Å²) in [7, 11) is -2.53. The first-order chi connectivity index (χ1) is 16.7.